The molecule has 0 aliphatic heterocycles. The van der Waals surface area contributed by atoms with Crippen molar-refractivity contribution in [2.45, 2.75) is 26.6 Å². The van der Waals surface area contributed by atoms with Gasteiger partial charge in [0.2, 0.25) is 6.54 Å². The summed E-state index contributed by atoms with van der Waals surface area (Å²) in [6.45, 7) is 3.79. The summed E-state index contributed by atoms with van der Waals surface area (Å²) in [5.41, 5.74) is 1.69. The maximum atomic E-state index is 13.0. The largest absolute Gasteiger partial charge is 0.417 e. The number of anilines is 1. The number of imide groups is 1. The van der Waals surface area contributed by atoms with Gasteiger partial charge in [-0.3, -0.25) is 19.6 Å². The molecule has 0 spiro atoms. The van der Waals surface area contributed by atoms with E-state index in [9.17, 15) is 22.8 Å². The molecule has 1 aromatic carbocycles. The van der Waals surface area contributed by atoms with Gasteiger partial charge in [0.15, 0.2) is 5.27 Å². The van der Waals surface area contributed by atoms with Crippen LogP contribution in [0.1, 0.15) is 33.3 Å². The minimum atomic E-state index is -4.71. The lowest BCUT2D eigenvalue weighted by Gasteiger charge is -2.11. The van der Waals surface area contributed by atoms with E-state index in [0.29, 0.717) is 17.5 Å². The topological polar surface area (TPSA) is 127 Å². The summed E-state index contributed by atoms with van der Waals surface area (Å²) in [5, 5.41) is 11.2. The molecule has 0 atom stereocenters. The Balaban J connectivity index is 1.37. The van der Waals surface area contributed by atoms with Crippen molar-refractivity contribution >= 4 is 29.2 Å². The summed E-state index contributed by atoms with van der Waals surface area (Å²) in [6.07, 6.45) is -1.81. The van der Waals surface area contributed by atoms with Crippen LogP contribution in [0.3, 0.4) is 0 Å². The van der Waals surface area contributed by atoms with Gasteiger partial charge in [0, 0.05) is 23.0 Å². The maximum absolute atomic E-state index is 13.0. The molecule has 0 radical (unpaired) electrons. The highest BCUT2D eigenvalue weighted by molar-refractivity contribution is 6.31. The van der Waals surface area contributed by atoms with E-state index in [1.807, 2.05) is 18.3 Å². The molecule has 14 heteroatoms. The molecule has 0 bridgehead atoms. The number of benzene rings is 1. The molecule has 4 aromatic rings. The number of halogens is 4. The normalized spacial score (nSPS) is 11.4. The number of carbonyl (C=O) groups excluding carboxylic acids is 2. The monoisotopic (exact) mass is 521 g/mol. The van der Waals surface area contributed by atoms with Crippen LogP contribution in [-0.2, 0) is 12.7 Å². The first-order valence-electron chi connectivity index (χ1n) is 10.2. The molecule has 186 valence electrons. The van der Waals surface area contributed by atoms with Crippen LogP contribution in [0.15, 0.2) is 51.8 Å². The van der Waals surface area contributed by atoms with Gasteiger partial charge in [-0.15, -0.1) is 0 Å². The number of hydrogen-bond donors (Lipinski definition) is 2. The van der Waals surface area contributed by atoms with Gasteiger partial charge < -0.3 is 9.84 Å². The van der Waals surface area contributed by atoms with Gasteiger partial charge in [0.05, 0.1) is 16.3 Å². The molecule has 0 unspecified atom stereocenters. The molecule has 36 heavy (non-hydrogen) atoms. The molecular formula is C22H17ClF3N6O4+. The number of nitrogens with zero attached hydrogens (tertiary/aromatic N) is 4. The second kappa shape index (κ2) is 9.77. The minimum absolute atomic E-state index is 0.163. The Morgan fingerprint density at radius 2 is 1.92 bits per heavy atom. The number of aromatic nitrogens is 4. The quantitative estimate of drug-likeness (QED) is 0.375. The van der Waals surface area contributed by atoms with Crippen LogP contribution in [0, 0.1) is 13.8 Å². The zero-order valence-electron chi connectivity index (χ0n) is 18.7. The lowest BCUT2D eigenvalue weighted by atomic mass is 10.1. The zero-order valence-corrected chi connectivity index (χ0v) is 19.4. The predicted molar refractivity (Wildman–Crippen MR) is 118 cm³/mol. The number of urea groups is 1. The number of amides is 3. The number of hydrogen-bond acceptors (Lipinski definition) is 7. The van der Waals surface area contributed by atoms with E-state index in [1.165, 1.54) is 10.9 Å². The first-order valence-corrected chi connectivity index (χ1v) is 10.6. The van der Waals surface area contributed by atoms with Crippen molar-refractivity contribution in [2.75, 3.05) is 5.32 Å². The average Bonchev–Trinajstić information content (AvgIpc) is 3.41. The summed E-state index contributed by atoms with van der Waals surface area (Å²) in [6, 6.07) is 5.32. The highest BCUT2D eigenvalue weighted by Gasteiger charge is 2.33. The number of pyridine rings is 1. The lowest BCUT2D eigenvalue weighted by molar-refractivity contribution is -0.755. The van der Waals surface area contributed by atoms with Gasteiger partial charge in [-0.1, -0.05) is 22.8 Å². The number of alkyl halides is 3. The summed E-state index contributed by atoms with van der Waals surface area (Å²) in [7, 11) is 0. The van der Waals surface area contributed by atoms with E-state index >= 15 is 0 Å². The fraction of sp³-hybridized carbons (Fsp3) is 0.182. The van der Waals surface area contributed by atoms with Gasteiger partial charge in [-0.05, 0) is 42.8 Å². The molecule has 0 fully saturated rings. The van der Waals surface area contributed by atoms with Crippen LogP contribution in [0.4, 0.5) is 23.7 Å². The van der Waals surface area contributed by atoms with Gasteiger partial charge in [-0.2, -0.15) is 13.2 Å². The van der Waals surface area contributed by atoms with E-state index in [1.54, 1.807) is 19.2 Å². The standard InChI is InChI=1S/C22H16ClF3N6O4/c1-11-19(12(2)35-30-11)13-3-4-15(27-8-13)9-32-10-18(36-31-32)20(33)29-21(34)28-14-5-6-17(23)16(7-14)22(24,25)26/h3-8,10H,9H2,1-2H3,(H-,28,29,33,34)/p+1. The van der Waals surface area contributed by atoms with Crippen LogP contribution in [0.5, 0.6) is 0 Å². The summed E-state index contributed by atoms with van der Waals surface area (Å²) < 4.78 is 50.3. The van der Waals surface area contributed by atoms with Gasteiger partial charge >= 0.3 is 18.1 Å². The first-order chi connectivity index (χ1) is 17.0. The van der Waals surface area contributed by atoms with Crippen LogP contribution >= 0.6 is 11.6 Å². The molecule has 3 amide bonds. The van der Waals surface area contributed by atoms with Crippen LogP contribution in [0.25, 0.3) is 11.1 Å². The van der Waals surface area contributed by atoms with Crippen LogP contribution < -0.4 is 15.3 Å². The number of carbonyl (C=O) groups is 2. The number of nitrogens with one attached hydrogen (secondary N) is 2. The molecule has 0 saturated carbocycles. The van der Waals surface area contributed by atoms with Crippen molar-refractivity contribution in [1.82, 2.24) is 20.7 Å². The lowest BCUT2D eigenvalue weighted by Crippen LogP contribution is -2.37. The van der Waals surface area contributed by atoms with Gasteiger partial charge in [-0.25, -0.2) is 4.79 Å². The highest BCUT2D eigenvalue weighted by Crippen LogP contribution is 2.36. The predicted octanol–water partition coefficient (Wildman–Crippen LogP) is 4.31. The molecule has 10 nitrogen and oxygen atoms in total. The Bertz CT molecular complexity index is 1410. The van der Waals surface area contributed by atoms with Gasteiger partial charge in [0.1, 0.15) is 11.5 Å². The second-order valence-electron chi connectivity index (χ2n) is 7.60. The second-order valence-corrected chi connectivity index (χ2v) is 8.01. The van der Waals surface area contributed by atoms with Gasteiger partial charge in [0.25, 0.3) is 12.0 Å². The van der Waals surface area contributed by atoms with Crippen LogP contribution in [-0.4, -0.2) is 27.4 Å². The van der Waals surface area contributed by atoms with Crippen molar-refractivity contribution in [3.8, 4) is 11.1 Å². The fourth-order valence-corrected chi connectivity index (χ4v) is 3.55. The highest BCUT2D eigenvalue weighted by atomic mass is 35.5. The third-order valence-electron chi connectivity index (χ3n) is 4.96. The van der Waals surface area contributed by atoms with E-state index in [-0.39, 0.29) is 18.0 Å². The maximum Gasteiger partial charge on any atom is 0.417 e. The van der Waals surface area contributed by atoms with Crippen LogP contribution in [0.2, 0.25) is 5.02 Å². The smallest absolute Gasteiger partial charge is 0.361 e. The third-order valence-corrected chi connectivity index (χ3v) is 5.29. The molecule has 0 aliphatic carbocycles. The molecular weight excluding hydrogens is 505 g/mol. The van der Waals surface area contributed by atoms with Crippen molar-refractivity contribution in [3.05, 3.63) is 76.2 Å². The van der Waals surface area contributed by atoms with E-state index in [2.05, 4.69) is 20.7 Å². The number of aryl methyl sites for hydroxylation is 2. The number of rotatable bonds is 5. The molecule has 3 heterocycles. The molecule has 2 N–H and O–H groups in total. The van der Waals surface area contributed by atoms with E-state index in [4.69, 9.17) is 20.6 Å². The van der Waals surface area contributed by atoms with Crippen molar-refractivity contribution in [2.24, 2.45) is 0 Å². The summed E-state index contributed by atoms with van der Waals surface area (Å²) in [5.74, 6) is -0.584. The Morgan fingerprint density at radius 3 is 2.56 bits per heavy atom. The molecule has 0 aliphatic rings. The Morgan fingerprint density at radius 1 is 1.14 bits per heavy atom. The summed E-state index contributed by atoms with van der Waals surface area (Å²) >= 11 is 5.55. The van der Waals surface area contributed by atoms with E-state index in [0.717, 1.165) is 29.0 Å². The Labute approximate surface area is 206 Å². The molecule has 3 aromatic heterocycles. The first kappa shape index (κ1) is 24.9. The molecule has 4 rings (SSSR count). The third kappa shape index (κ3) is 5.51. The fourth-order valence-electron chi connectivity index (χ4n) is 3.33. The minimum Gasteiger partial charge on any atom is -0.361 e. The Hall–Kier alpha value is -4.26. The van der Waals surface area contributed by atoms with Crippen molar-refractivity contribution < 1.29 is 36.5 Å². The SMILES string of the molecule is Cc1noc(C)c1-c1ccc(C[n+]2cc(C(=O)NC(=O)Nc3ccc(Cl)c(C(F)(F)F)c3)on2)nc1. The van der Waals surface area contributed by atoms with E-state index < -0.39 is 28.7 Å². The van der Waals surface area contributed by atoms with Crippen molar-refractivity contribution in [3.63, 3.8) is 0 Å². The zero-order chi connectivity index (χ0) is 26.0. The van der Waals surface area contributed by atoms with Crippen molar-refractivity contribution in [1.29, 1.82) is 0 Å². The summed E-state index contributed by atoms with van der Waals surface area (Å²) in [4.78, 5) is 28.7. The average molecular weight is 522 g/mol. The Kier molecular flexibility index (Phi) is 6.75. The molecule has 0 saturated heterocycles.